The SMILES string of the molecule is CCCCC(=O)NCc1nnc(-c2ccc(F)cc2)o1. The highest BCUT2D eigenvalue weighted by Gasteiger charge is 2.09. The van der Waals surface area contributed by atoms with Gasteiger partial charge in [-0.2, -0.15) is 0 Å². The van der Waals surface area contributed by atoms with E-state index in [0.29, 0.717) is 23.8 Å². The van der Waals surface area contributed by atoms with Crippen LogP contribution in [0.15, 0.2) is 28.7 Å². The molecule has 1 aromatic heterocycles. The molecule has 0 radical (unpaired) electrons. The summed E-state index contributed by atoms with van der Waals surface area (Å²) in [6.45, 7) is 2.23. The van der Waals surface area contributed by atoms with Gasteiger partial charge in [-0.3, -0.25) is 4.79 Å². The van der Waals surface area contributed by atoms with Crippen LogP contribution in [0.2, 0.25) is 0 Å². The molecule has 0 spiro atoms. The van der Waals surface area contributed by atoms with Crippen LogP contribution in [-0.4, -0.2) is 16.1 Å². The first-order valence-electron chi connectivity index (χ1n) is 6.54. The largest absolute Gasteiger partial charge is 0.419 e. The van der Waals surface area contributed by atoms with E-state index in [1.54, 1.807) is 12.1 Å². The Morgan fingerprint density at radius 1 is 1.30 bits per heavy atom. The van der Waals surface area contributed by atoms with Gasteiger partial charge in [0.05, 0.1) is 6.54 Å². The summed E-state index contributed by atoms with van der Waals surface area (Å²) in [6, 6.07) is 5.77. The number of carbonyl (C=O) groups excluding carboxylic acids is 1. The maximum absolute atomic E-state index is 12.8. The van der Waals surface area contributed by atoms with E-state index in [1.165, 1.54) is 12.1 Å². The molecule has 5 nitrogen and oxygen atoms in total. The van der Waals surface area contributed by atoms with Crippen molar-refractivity contribution in [2.45, 2.75) is 32.7 Å². The maximum atomic E-state index is 12.8. The smallest absolute Gasteiger partial charge is 0.247 e. The number of nitrogens with one attached hydrogen (secondary N) is 1. The summed E-state index contributed by atoms with van der Waals surface area (Å²) in [6.07, 6.45) is 2.33. The molecule has 1 amide bonds. The van der Waals surface area contributed by atoms with Crippen molar-refractivity contribution in [2.24, 2.45) is 0 Å². The summed E-state index contributed by atoms with van der Waals surface area (Å²) < 4.78 is 18.2. The standard InChI is InChI=1S/C14H16FN3O2/c1-2-3-4-12(19)16-9-13-17-18-14(20-13)10-5-7-11(15)8-6-10/h5-8H,2-4,9H2,1H3,(H,16,19). The fourth-order valence-corrected chi connectivity index (χ4v) is 1.63. The maximum Gasteiger partial charge on any atom is 0.247 e. The van der Waals surface area contributed by atoms with E-state index in [9.17, 15) is 9.18 Å². The summed E-state index contributed by atoms with van der Waals surface area (Å²) in [5.41, 5.74) is 0.641. The molecule has 1 N–H and O–H groups in total. The van der Waals surface area contributed by atoms with Crippen LogP contribution in [0.1, 0.15) is 32.1 Å². The van der Waals surface area contributed by atoms with Gasteiger partial charge in [0.1, 0.15) is 5.82 Å². The van der Waals surface area contributed by atoms with Crippen molar-refractivity contribution in [3.05, 3.63) is 36.0 Å². The van der Waals surface area contributed by atoms with E-state index in [1.807, 2.05) is 6.92 Å². The lowest BCUT2D eigenvalue weighted by Crippen LogP contribution is -2.22. The van der Waals surface area contributed by atoms with Gasteiger partial charge in [-0.15, -0.1) is 10.2 Å². The number of amides is 1. The molecule has 0 saturated carbocycles. The Morgan fingerprint density at radius 3 is 2.75 bits per heavy atom. The van der Waals surface area contributed by atoms with E-state index < -0.39 is 0 Å². The number of hydrogen-bond acceptors (Lipinski definition) is 4. The van der Waals surface area contributed by atoms with Gasteiger partial charge in [0.15, 0.2) is 0 Å². The quantitative estimate of drug-likeness (QED) is 0.881. The van der Waals surface area contributed by atoms with E-state index in [4.69, 9.17) is 4.42 Å². The fraction of sp³-hybridized carbons (Fsp3) is 0.357. The molecule has 0 aliphatic rings. The summed E-state index contributed by atoms with van der Waals surface area (Å²) >= 11 is 0. The van der Waals surface area contributed by atoms with Crippen molar-refractivity contribution in [3.63, 3.8) is 0 Å². The van der Waals surface area contributed by atoms with E-state index >= 15 is 0 Å². The molecule has 0 aliphatic heterocycles. The Balaban J connectivity index is 1.92. The number of nitrogens with zero attached hydrogens (tertiary/aromatic N) is 2. The van der Waals surface area contributed by atoms with Crippen molar-refractivity contribution in [1.82, 2.24) is 15.5 Å². The van der Waals surface area contributed by atoms with Gasteiger partial charge in [0.25, 0.3) is 0 Å². The monoisotopic (exact) mass is 277 g/mol. The zero-order valence-corrected chi connectivity index (χ0v) is 11.2. The molecular weight excluding hydrogens is 261 g/mol. The Bertz CT molecular complexity index is 566. The molecule has 2 rings (SSSR count). The van der Waals surface area contributed by atoms with Gasteiger partial charge in [-0.1, -0.05) is 13.3 Å². The third-order valence-corrected chi connectivity index (χ3v) is 2.75. The molecule has 0 atom stereocenters. The third-order valence-electron chi connectivity index (χ3n) is 2.75. The van der Waals surface area contributed by atoms with Crippen molar-refractivity contribution in [3.8, 4) is 11.5 Å². The number of aromatic nitrogens is 2. The van der Waals surface area contributed by atoms with Crippen molar-refractivity contribution >= 4 is 5.91 Å². The minimum atomic E-state index is -0.323. The van der Waals surface area contributed by atoms with Crippen molar-refractivity contribution < 1.29 is 13.6 Å². The minimum absolute atomic E-state index is 0.0339. The van der Waals surface area contributed by atoms with E-state index in [-0.39, 0.29) is 18.3 Å². The molecule has 0 aliphatic carbocycles. The highest BCUT2D eigenvalue weighted by Crippen LogP contribution is 2.17. The van der Waals surface area contributed by atoms with E-state index in [2.05, 4.69) is 15.5 Å². The lowest BCUT2D eigenvalue weighted by Gasteiger charge is -2.00. The van der Waals surface area contributed by atoms with Crippen molar-refractivity contribution in [1.29, 1.82) is 0 Å². The lowest BCUT2D eigenvalue weighted by molar-refractivity contribution is -0.121. The summed E-state index contributed by atoms with van der Waals surface area (Å²) in [5, 5.41) is 10.4. The topological polar surface area (TPSA) is 68.0 Å². The highest BCUT2D eigenvalue weighted by molar-refractivity contribution is 5.75. The third kappa shape index (κ3) is 3.88. The molecule has 0 fully saturated rings. The van der Waals surface area contributed by atoms with Gasteiger partial charge in [0, 0.05) is 12.0 Å². The lowest BCUT2D eigenvalue weighted by atomic mass is 10.2. The Kier molecular flexibility index (Phi) is 4.81. The number of carbonyl (C=O) groups is 1. The molecule has 20 heavy (non-hydrogen) atoms. The van der Waals surface area contributed by atoms with Gasteiger partial charge in [-0.25, -0.2) is 4.39 Å². The number of unbranched alkanes of at least 4 members (excludes halogenated alkanes) is 1. The first-order valence-corrected chi connectivity index (χ1v) is 6.54. The van der Waals surface area contributed by atoms with E-state index in [0.717, 1.165) is 12.8 Å². The summed E-state index contributed by atoms with van der Waals surface area (Å²) in [5.74, 6) is 0.280. The zero-order valence-electron chi connectivity index (χ0n) is 11.2. The van der Waals surface area contributed by atoms with Crippen LogP contribution < -0.4 is 5.32 Å². The molecule has 0 saturated heterocycles. The van der Waals surface area contributed by atoms with Gasteiger partial charge < -0.3 is 9.73 Å². The summed E-state index contributed by atoms with van der Waals surface area (Å²) in [7, 11) is 0. The Labute approximate surface area is 116 Å². The van der Waals surface area contributed by atoms with Gasteiger partial charge in [0.2, 0.25) is 17.7 Å². The predicted octanol–water partition coefficient (Wildman–Crippen LogP) is 2.68. The molecule has 6 heteroatoms. The Hall–Kier alpha value is -2.24. The number of benzene rings is 1. The molecule has 106 valence electrons. The highest BCUT2D eigenvalue weighted by atomic mass is 19.1. The second-order valence-corrected chi connectivity index (χ2v) is 4.39. The second kappa shape index (κ2) is 6.79. The minimum Gasteiger partial charge on any atom is -0.419 e. The van der Waals surface area contributed by atoms with Gasteiger partial charge >= 0.3 is 0 Å². The van der Waals surface area contributed by atoms with Crippen LogP contribution >= 0.6 is 0 Å². The number of hydrogen-bond donors (Lipinski definition) is 1. The number of halogens is 1. The molecule has 0 unspecified atom stereocenters. The summed E-state index contributed by atoms with van der Waals surface area (Å²) in [4.78, 5) is 11.4. The number of rotatable bonds is 6. The van der Waals surface area contributed by atoms with Crippen LogP contribution in [0.3, 0.4) is 0 Å². The molecule has 1 heterocycles. The zero-order chi connectivity index (χ0) is 14.4. The van der Waals surface area contributed by atoms with Crippen LogP contribution in [-0.2, 0) is 11.3 Å². The Morgan fingerprint density at radius 2 is 2.05 bits per heavy atom. The van der Waals surface area contributed by atoms with Crippen LogP contribution in [0.5, 0.6) is 0 Å². The second-order valence-electron chi connectivity index (χ2n) is 4.39. The normalized spacial score (nSPS) is 10.5. The predicted molar refractivity (Wildman–Crippen MR) is 71.1 cm³/mol. The van der Waals surface area contributed by atoms with Crippen molar-refractivity contribution in [2.75, 3.05) is 0 Å². The molecule has 1 aromatic carbocycles. The van der Waals surface area contributed by atoms with Crippen LogP contribution in [0, 0.1) is 5.82 Å². The average Bonchev–Trinajstić information content (AvgIpc) is 2.92. The first-order chi connectivity index (χ1) is 9.69. The van der Waals surface area contributed by atoms with Gasteiger partial charge in [-0.05, 0) is 30.7 Å². The molecule has 0 bridgehead atoms. The van der Waals surface area contributed by atoms with Crippen LogP contribution in [0.4, 0.5) is 4.39 Å². The molecule has 2 aromatic rings. The molecular formula is C14H16FN3O2. The first kappa shape index (κ1) is 14.2. The average molecular weight is 277 g/mol. The fourth-order valence-electron chi connectivity index (χ4n) is 1.63. The van der Waals surface area contributed by atoms with Crippen LogP contribution in [0.25, 0.3) is 11.5 Å².